The Hall–Kier alpha value is -0.693. The highest BCUT2D eigenvalue weighted by molar-refractivity contribution is 6.69. The van der Waals surface area contributed by atoms with Gasteiger partial charge in [0.1, 0.15) is 5.73 Å². The summed E-state index contributed by atoms with van der Waals surface area (Å²) in [6.07, 6.45) is 1.98. The molecule has 5 nitrogen and oxygen atoms in total. The van der Waals surface area contributed by atoms with E-state index in [2.05, 4.69) is 6.58 Å². The summed E-state index contributed by atoms with van der Waals surface area (Å²) in [5.41, 5.74) is 0.325. The predicted molar refractivity (Wildman–Crippen MR) is 87.7 cm³/mol. The number of ether oxygens (including phenoxy) is 2. The Balaban J connectivity index is 2.85. The lowest BCUT2D eigenvalue weighted by molar-refractivity contribution is -0.142. The average Bonchev–Trinajstić information content (AvgIpc) is 2.48. The third-order valence-corrected chi connectivity index (χ3v) is 7.97. The van der Waals surface area contributed by atoms with E-state index in [0.717, 1.165) is 18.9 Å². The van der Waals surface area contributed by atoms with Crippen LogP contribution < -0.4 is 0 Å². The van der Waals surface area contributed by atoms with E-state index < -0.39 is 8.56 Å². The highest BCUT2D eigenvalue weighted by atomic mass is 28.4. The molecule has 0 amide bonds. The largest absolute Gasteiger partial charge is 0.462 e. The summed E-state index contributed by atoms with van der Waals surface area (Å²) in [6, 6.07) is 0.935. The maximum absolute atomic E-state index is 11.6. The zero-order valence-electron chi connectivity index (χ0n) is 14.4. The highest BCUT2D eigenvalue weighted by Gasteiger charge is 2.53. The minimum absolute atomic E-state index is 0.0935. The molecular weight excluding hydrogens is 300 g/mol. The summed E-state index contributed by atoms with van der Waals surface area (Å²) in [5.74, 6) is -0.220. The SMILES string of the molecule is C=C(C)C(=O)OCC1CCC[Si](OCC)(OCC)C1OCC. The van der Waals surface area contributed by atoms with E-state index in [1.165, 1.54) is 0 Å². The summed E-state index contributed by atoms with van der Waals surface area (Å²) in [7, 11) is -2.43. The molecule has 0 radical (unpaired) electrons. The van der Waals surface area contributed by atoms with Gasteiger partial charge in [-0.25, -0.2) is 4.79 Å². The average molecular weight is 330 g/mol. The fourth-order valence-electron chi connectivity index (χ4n) is 3.02. The van der Waals surface area contributed by atoms with Crippen LogP contribution in [0, 0.1) is 5.92 Å². The van der Waals surface area contributed by atoms with Crippen LogP contribution in [0.5, 0.6) is 0 Å². The van der Waals surface area contributed by atoms with Gasteiger partial charge in [0.05, 0.1) is 6.61 Å². The summed E-state index contributed by atoms with van der Waals surface area (Å²) in [6.45, 7) is 13.4. The number of esters is 1. The predicted octanol–water partition coefficient (Wildman–Crippen LogP) is 2.98. The molecule has 0 N–H and O–H groups in total. The van der Waals surface area contributed by atoms with Crippen molar-refractivity contribution in [3.8, 4) is 0 Å². The number of carbonyl (C=O) groups excluding carboxylic acids is 1. The normalized spacial score (nSPS) is 24.0. The smallest absolute Gasteiger partial charge is 0.368 e. The number of hydrogen-bond acceptors (Lipinski definition) is 5. The molecule has 0 bridgehead atoms. The van der Waals surface area contributed by atoms with Crippen molar-refractivity contribution in [3.63, 3.8) is 0 Å². The minimum atomic E-state index is -2.43. The van der Waals surface area contributed by atoms with Crippen LogP contribution in [0.15, 0.2) is 12.2 Å². The molecule has 1 aliphatic rings. The van der Waals surface area contributed by atoms with Crippen molar-refractivity contribution >= 4 is 14.5 Å². The maximum Gasteiger partial charge on any atom is 0.368 e. The number of carbonyl (C=O) groups is 1. The second-order valence-corrected chi connectivity index (χ2v) is 8.85. The van der Waals surface area contributed by atoms with Gasteiger partial charge in [-0.1, -0.05) is 13.0 Å². The van der Waals surface area contributed by atoms with E-state index in [0.29, 0.717) is 32.0 Å². The van der Waals surface area contributed by atoms with Crippen molar-refractivity contribution in [1.29, 1.82) is 0 Å². The molecule has 1 rings (SSSR count). The molecule has 22 heavy (non-hydrogen) atoms. The first-order chi connectivity index (χ1) is 10.5. The van der Waals surface area contributed by atoms with Crippen LogP contribution in [0.25, 0.3) is 0 Å². The van der Waals surface area contributed by atoms with Crippen LogP contribution in [-0.4, -0.2) is 46.7 Å². The van der Waals surface area contributed by atoms with E-state index in [4.69, 9.17) is 18.3 Å². The van der Waals surface area contributed by atoms with E-state index in [1.54, 1.807) is 6.92 Å². The molecule has 0 spiro atoms. The summed E-state index contributed by atoms with van der Waals surface area (Å²) >= 11 is 0. The van der Waals surface area contributed by atoms with Gasteiger partial charge in [0, 0.05) is 31.3 Å². The second-order valence-electron chi connectivity index (χ2n) is 5.58. The first kappa shape index (κ1) is 19.4. The summed E-state index contributed by atoms with van der Waals surface area (Å²) < 4.78 is 23.6. The molecule has 1 saturated heterocycles. The molecule has 2 atom stereocenters. The van der Waals surface area contributed by atoms with Crippen LogP contribution in [0.1, 0.15) is 40.5 Å². The van der Waals surface area contributed by atoms with Crippen molar-refractivity contribution in [1.82, 2.24) is 0 Å². The quantitative estimate of drug-likeness (QED) is 0.369. The Morgan fingerprint density at radius 2 is 1.82 bits per heavy atom. The molecule has 0 aromatic rings. The fraction of sp³-hybridized carbons (Fsp3) is 0.812. The van der Waals surface area contributed by atoms with E-state index in [-0.39, 0.29) is 17.6 Å². The van der Waals surface area contributed by atoms with Crippen molar-refractivity contribution in [3.05, 3.63) is 12.2 Å². The molecule has 1 heterocycles. The monoisotopic (exact) mass is 330 g/mol. The summed E-state index contributed by atoms with van der Waals surface area (Å²) in [5, 5.41) is 0. The van der Waals surface area contributed by atoms with Crippen LogP contribution in [0.2, 0.25) is 6.04 Å². The van der Waals surface area contributed by atoms with Gasteiger partial charge in [-0.15, -0.1) is 0 Å². The van der Waals surface area contributed by atoms with Crippen LogP contribution in [0.3, 0.4) is 0 Å². The molecule has 128 valence electrons. The van der Waals surface area contributed by atoms with Crippen LogP contribution in [-0.2, 0) is 23.1 Å². The molecule has 1 fully saturated rings. The molecule has 0 saturated carbocycles. The van der Waals surface area contributed by atoms with Crippen molar-refractivity contribution in [2.75, 3.05) is 26.4 Å². The zero-order chi connectivity index (χ0) is 16.6. The van der Waals surface area contributed by atoms with Gasteiger partial charge < -0.3 is 18.3 Å². The Morgan fingerprint density at radius 1 is 1.18 bits per heavy atom. The number of rotatable bonds is 9. The van der Waals surface area contributed by atoms with Gasteiger partial charge in [0.25, 0.3) is 0 Å². The summed E-state index contributed by atoms with van der Waals surface area (Å²) in [4.78, 5) is 11.6. The van der Waals surface area contributed by atoms with Crippen LogP contribution in [0.4, 0.5) is 0 Å². The van der Waals surface area contributed by atoms with Gasteiger partial charge >= 0.3 is 14.5 Å². The second kappa shape index (κ2) is 9.45. The Bertz CT molecular complexity index is 360. The van der Waals surface area contributed by atoms with Crippen molar-refractivity contribution in [2.24, 2.45) is 5.92 Å². The molecular formula is C16H30O5Si. The highest BCUT2D eigenvalue weighted by Crippen LogP contribution is 2.36. The van der Waals surface area contributed by atoms with E-state index in [1.807, 2.05) is 20.8 Å². The van der Waals surface area contributed by atoms with Gasteiger partial charge in [-0.05, 0) is 40.2 Å². The van der Waals surface area contributed by atoms with Crippen molar-refractivity contribution < 1.29 is 23.1 Å². The molecule has 0 aromatic heterocycles. The third-order valence-electron chi connectivity index (χ3n) is 3.86. The van der Waals surface area contributed by atoms with E-state index in [9.17, 15) is 4.79 Å². The maximum atomic E-state index is 11.6. The first-order valence-corrected chi connectivity index (χ1v) is 10.3. The minimum Gasteiger partial charge on any atom is -0.462 e. The van der Waals surface area contributed by atoms with Gasteiger partial charge in [0.15, 0.2) is 0 Å². The molecule has 2 unspecified atom stereocenters. The zero-order valence-corrected chi connectivity index (χ0v) is 15.4. The standard InChI is InChI=1S/C16H30O5Si/c1-6-18-16-14(12-19-15(17)13(4)5)10-9-11-22(16,20-7-2)21-8-3/h14,16H,4,6-12H2,1-3,5H3. The lowest BCUT2D eigenvalue weighted by Gasteiger charge is -2.43. The topological polar surface area (TPSA) is 54.0 Å². The van der Waals surface area contributed by atoms with E-state index >= 15 is 0 Å². The number of hydrogen-bond donors (Lipinski definition) is 0. The van der Waals surface area contributed by atoms with Gasteiger partial charge in [0.2, 0.25) is 0 Å². The van der Waals surface area contributed by atoms with Gasteiger partial charge in [-0.2, -0.15) is 0 Å². The Morgan fingerprint density at radius 3 is 2.32 bits per heavy atom. The Labute approximate surface area is 135 Å². The van der Waals surface area contributed by atoms with Gasteiger partial charge in [-0.3, -0.25) is 0 Å². The molecule has 1 aliphatic heterocycles. The van der Waals surface area contributed by atoms with Crippen molar-refractivity contribution in [2.45, 2.75) is 52.3 Å². The molecule has 0 aromatic carbocycles. The molecule has 6 heteroatoms. The lowest BCUT2D eigenvalue weighted by Crippen LogP contribution is -2.60. The first-order valence-electron chi connectivity index (χ1n) is 8.22. The lowest BCUT2D eigenvalue weighted by atomic mass is 10.1. The Kier molecular flexibility index (Phi) is 8.31. The fourth-order valence-corrected chi connectivity index (χ4v) is 7.08. The van der Waals surface area contributed by atoms with Crippen LogP contribution >= 0.6 is 0 Å². The third kappa shape index (κ3) is 4.91. The molecule has 0 aliphatic carbocycles.